The van der Waals surface area contributed by atoms with Crippen molar-refractivity contribution < 1.29 is 0 Å². The van der Waals surface area contributed by atoms with Crippen LogP contribution in [0.25, 0.3) is 60.2 Å². The summed E-state index contributed by atoms with van der Waals surface area (Å²) in [6.45, 7) is 2.15. The van der Waals surface area contributed by atoms with E-state index >= 15 is 0 Å². The second-order valence-electron chi connectivity index (χ2n) is 15.5. The van der Waals surface area contributed by atoms with Gasteiger partial charge < -0.3 is 14.4 Å². The SMILES string of the molecule is Cc1ccc(N(c2ccc3c(c2)c2ccccc2n3-c2ccccc2)c2ccc(-c3ccc(N(c4ccccc4)c4cccc5ccccc45)cc3)c3ccccc23)cc1. The largest absolute Gasteiger partial charge is 0.310 e. The highest BCUT2D eigenvalue weighted by molar-refractivity contribution is 6.12. The Bertz CT molecular complexity index is 3310. The fraction of sp³-hybridized carbons (Fsp3) is 0.0175. The van der Waals surface area contributed by atoms with E-state index < -0.39 is 0 Å². The summed E-state index contributed by atoms with van der Waals surface area (Å²) in [5, 5.41) is 7.28. The lowest BCUT2D eigenvalue weighted by Gasteiger charge is -2.28. The van der Waals surface area contributed by atoms with Gasteiger partial charge in [-0.15, -0.1) is 0 Å². The Morgan fingerprint density at radius 1 is 0.333 bits per heavy atom. The molecule has 0 fully saturated rings. The lowest BCUT2D eigenvalue weighted by atomic mass is 9.96. The summed E-state index contributed by atoms with van der Waals surface area (Å²) in [6, 6.07) is 83.5. The number of fused-ring (bicyclic) bond motifs is 5. The molecule has 60 heavy (non-hydrogen) atoms. The van der Waals surface area contributed by atoms with E-state index in [0.29, 0.717) is 0 Å². The van der Waals surface area contributed by atoms with Crippen LogP contribution in [0.15, 0.2) is 231 Å². The van der Waals surface area contributed by atoms with Crippen LogP contribution in [0.1, 0.15) is 5.56 Å². The van der Waals surface area contributed by atoms with Gasteiger partial charge in [-0.05, 0) is 114 Å². The number of benzene rings is 10. The molecule has 3 heteroatoms. The van der Waals surface area contributed by atoms with Gasteiger partial charge in [-0.25, -0.2) is 0 Å². The summed E-state index contributed by atoms with van der Waals surface area (Å²) in [4.78, 5) is 4.78. The van der Waals surface area contributed by atoms with Crippen LogP contribution in [-0.2, 0) is 0 Å². The van der Waals surface area contributed by atoms with Crippen molar-refractivity contribution in [2.75, 3.05) is 9.80 Å². The van der Waals surface area contributed by atoms with E-state index in [-0.39, 0.29) is 0 Å². The number of rotatable bonds is 8. The standard InChI is InChI=1S/C57H41N3/c1-40-27-31-45(32-28-40)59(47-35-37-57-53(39-47)52-24-12-13-25-55(52)60(57)44-19-6-3-7-20-44)56-38-36-48(50-22-10-11-23-51(50)56)42-29-33-46(34-30-42)58(43-17-4-2-5-18-43)54-26-14-16-41-15-8-9-21-49(41)54/h2-39H,1H3. The first-order valence-corrected chi connectivity index (χ1v) is 20.6. The number of para-hydroxylation sites is 3. The van der Waals surface area contributed by atoms with Crippen molar-refractivity contribution in [3.63, 3.8) is 0 Å². The lowest BCUT2D eigenvalue weighted by Crippen LogP contribution is -2.11. The Balaban J connectivity index is 1.04. The fourth-order valence-electron chi connectivity index (χ4n) is 9.00. The molecular weight excluding hydrogens is 727 g/mol. The molecule has 0 atom stereocenters. The van der Waals surface area contributed by atoms with Gasteiger partial charge in [0.1, 0.15) is 0 Å². The Labute approximate surface area is 350 Å². The molecule has 1 aromatic heterocycles. The topological polar surface area (TPSA) is 11.4 Å². The predicted octanol–water partition coefficient (Wildman–Crippen LogP) is 16.0. The van der Waals surface area contributed by atoms with Crippen molar-refractivity contribution in [2.24, 2.45) is 0 Å². The molecule has 11 aromatic rings. The van der Waals surface area contributed by atoms with Gasteiger partial charge in [0, 0.05) is 50.0 Å². The summed E-state index contributed by atoms with van der Waals surface area (Å²) in [5.74, 6) is 0. The predicted molar refractivity (Wildman–Crippen MR) is 255 cm³/mol. The van der Waals surface area contributed by atoms with E-state index in [9.17, 15) is 0 Å². The summed E-state index contributed by atoms with van der Waals surface area (Å²) in [5.41, 5.74) is 13.9. The molecule has 284 valence electrons. The summed E-state index contributed by atoms with van der Waals surface area (Å²) < 4.78 is 2.38. The molecular formula is C57H41N3. The van der Waals surface area contributed by atoms with Crippen LogP contribution in [0.2, 0.25) is 0 Å². The minimum atomic E-state index is 1.11. The molecule has 3 nitrogen and oxygen atoms in total. The van der Waals surface area contributed by atoms with Crippen molar-refractivity contribution in [1.82, 2.24) is 4.57 Å². The number of aryl methyl sites for hydroxylation is 1. The van der Waals surface area contributed by atoms with Crippen molar-refractivity contribution in [2.45, 2.75) is 6.92 Å². The van der Waals surface area contributed by atoms with Crippen molar-refractivity contribution >= 4 is 77.5 Å². The van der Waals surface area contributed by atoms with E-state index in [0.717, 1.165) is 39.8 Å². The van der Waals surface area contributed by atoms with Crippen LogP contribution < -0.4 is 9.80 Å². The summed E-state index contributed by atoms with van der Waals surface area (Å²) in [7, 11) is 0. The van der Waals surface area contributed by atoms with Gasteiger partial charge in [0.25, 0.3) is 0 Å². The van der Waals surface area contributed by atoms with E-state index in [1.165, 1.54) is 60.0 Å². The Hall–Kier alpha value is -7.88. The maximum absolute atomic E-state index is 2.42. The number of anilines is 6. The number of hydrogen-bond donors (Lipinski definition) is 0. The smallest absolute Gasteiger partial charge is 0.0542 e. The molecule has 0 spiro atoms. The first kappa shape index (κ1) is 35.3. The minimum absolute atomic E-state index is 1.11. The maximum atomic E-state index is 2.42. The van der Waals surface area contributed by atoms with Gasteiger partial charge in [0.15, 0.2) is 0 Å². The average Bonchev–Trinajstić information content (AvgIpc) is 3.64. The first-order chi connectivity index (χ1) is 29.7. The second kappa shape index (κ2) is 14.8. The van der Waals surface area contributed by atoms with E-state index in [1.807, 2.05) is 0 Å². The Morgan fingerprint density at radius 2 is 0.867 bits per heavy atom. The molecule has 0 amide bonds. The normalized spacial score (nSPS) is 11.4. The van der Waals surface area contributed by atoms with Crippen LogP contribution in [0.4, 0.5) is 34.1 Å². The van der Waals surface area contributed by atoms with Crippen LogP contribution in [-0.4, -0.2) is 4.57 Å². The van der Waals surface area contributed by atoms with Gasteiger partial charge in [0.2, 0.25) is 0 Å². The van der Waals surface area contributed by atoms with Gasteiger partial charge in [0.05, 0.1) is 22.4 Å². The zero-order valence-corrected chi connectivity index (χ0v) is 33.3. The lowest BCUT2D eigenvalue weighted by molar-refractivity contribution is 1.18. The maximum Gasteiger partial charge on any atom is 0.0542 e. The molecule has 0 unspecified atom stereocenters. The third-order valence-electron chi connectivity index (χ3n) is 11.8. The third kappa shape index (κ3) is 6.07. The highest BCUT2D eigenvalue weighted by Crippen LogP contribution is 2.45. The zero-order valence-electron chi connectivity index (χ0n) is 33.3. The second-order valence-corrected chi connectivity index (χ2v) is 15.5. The van der Waals surface area contributed by atoms with E-state index in [1.54, 1.807) is 0 Å². The fourth-order valence-corrected chi connectivity index (χ4v) is 9.00. The van der Waals surface area contributed by atoms with Crippen molar-refractivity contribution in [3.05, 3.63) is 236 Å². The quantitative estimate of drug-likeness (QED) is 0.153. The van der Waals surface area contributed by atoms with Gasteiger partial charge >= 0.3 is 0 Å². The minimum Gasteiger partial charge on any atom is -0.310 e. The average molecular weight is 768 g/mol. The third-order valence-corrected chi connectivity index (χ3v) is 11.8. The molecule has 0 aliphatic heterocycles. The highest BCUT2D eigenvalue weighted by Gasteiger charge is 2.21. The molecule has 0 saturated heterocycles. The first-order valence-electron chi connectivity index (χ1n) is 20.6. The van der Waals surface area contributed by atoms with Gasteiger partial charge in [-0.3, -0.25) is 0 Å². The van der Waals surface area contributed by atoms with Crippen LogP contribution in [0.3, 0.4) is 0 Å². The molecule has 0 radical (unpaired) electrons. The van der Waals surface area contributed by atoms with Crippen LogP contribution in [0, 0.1) is 6.92 Å². The highest BCUT2D eigenvalue weighted by atomic mass is 15.1. The van der Waals surface area contributed by atoms with Gasteiger partial charge in [-0.2, -0.15) is 0 Å². The van der Waals surface area contributed by atoms with Gasteiger partial charge in [-0.1, -0.05) is 151 Å². The van der Waals surface area contributed by atoms with E-state index in [4.69, 9.17) is 0 Å². The summed E-state index contributed by atoms with van der Waals surface area (Å²) >= 11 is 0. The van der Waals surface area contributed by atoms with Crippen LogP contribution >= 0.6 is 0 Å². The summed E-state index contributed by atoms with van der Waals surface area (Å²) in [6.07, 6.45) is 0. The number of aromatic nitrogens is 1. The molecule has 10 aromatic carbocycles. The molecule has 0 bridgehead atoms. The Kier molecular flexibility index (Phi) is 8.71. The monoisotopic (exact) mass is 767 g/mol. The van der Waals surface area contributed by atoms with Crippen molar-refractivity contribution in [3.8, 4) is 16.8 Å². The molecule has 0 saturated carbocycles. The molecule has 0 aliphatic rings. The molecule has 11 rings (SSSR count). The number of nitrogens with zero attached hydrogens (tertiary/aromatic N) is 3. The van der Waals surface area contributed by atoms with E-state index in [2.05, 4.69) is 252 Å². The zero-order chi connectivity index (χ0) is 40.0. The molecule has 1 heterocycles. The molecule has 0 aliphatic carbocycles. The molecule has 0 N–H and O–H groups in total. The number of hydrogen-bond acceptors (Lipinski definition) is 2. The Morgan fingerprint density at radius 3 is 1.63 bits per heavy atom. The van der Waals surface area contributed by atoms with Crippen LogP contribution in [0.5, 0.6) is 0 Å². The van der Waals surface area contributed by atoms with Crippen molar-refractivity contribution in [1.29, 1.82) is 0 Å².